The Morgan fingerprint density at radius 2 is 1.88 bits per heavy atom. The number of benzene rings is 2. The van der Waals surface area contributed by atoms with Gasteiger partial charge in [0, 0.05) is 0 Å². The van der Waals surface area contributed by atoms with E-state index >= 15 is 0 Å². The molecule has 0 spiro atoms. The van der Waals surface area contributed by atoms with Gasteiger partial charge in [-0.25, -0.2) is 4.85 Å². The van der Waals surface area contributed by atoms with Crippen molar-refractivity contribution in [2.75, 3.05) is 0 Å². The maximum Gasteiger partial charge on any atom is 0.187 e. The third-order valence-corrected chi connectivity index (χ3v) is 3.15. The first-order valence-corrected chi connectivity index (χ1v) is 5.38. The first-order valence-electron chi connectivity index (χ1n) is 5.38. The first-order chi connectivity index (χ1) is 7.78. The summed E-state index contributed by atoms with van der Waals surface area (Å²) in [6.07, 6.45) is 0.967. The molecule has 0 fully saturated rings. The van der Waals surface area contributed by atoms with E-state index in [1.807, 2.05) is 12.1 Å². The van der Waals surface area contributed by atoms with Gasteiger partial charge in [-0.1, -0.05) is 42.0 Å². The number of rotatable bonds is 0. The number of fused-ring (bicyclic) bond motifs is 3. The number of hydrogen-bond donors (Lipinski definition) is 0. The molecule has 0 atom stereocenters. The molecular formula is C15H11N. The largest absolute Gasteiger partial charge is 0.238 e. The van der Waals surface area contributed by atoms with Crippen LogP contribution >= 0.6 is 0 Å². The standard InChI is InChI=1S/C15H11N/c1-10-3-4-11-8-12-9-13(16-2)5-6-14(12)15(11)7-10/h3-7,9H,8H2,1H3. The van der Waals surface area contributed by atoms with Crippen molar-refractivity contribution in [2.24, 2.45) is 0 Å². The molecule has 0 bridgehead atoms. The van der Waals surface area contributed by atoms with Crippen molar-refractivity contribution in [3.8, 4) is 11.1 Å². The number of aryl methyl sites for hydroxylation is 1. The van der Waals surface area contributed by atoms with Crippen LogP contribution in [0.2, 0.25) is 0 Å². The Hall–Kier alpha value is -2.07. The zero-order valence-electron chi connectivity index (χ0n) is 9.12. The van der Waals surface area contributed by atoms with Crippen molar-refractivity contribution >= 4 is 5.69 Å². The van der Waals surface area contributed by atoms with Gasteiger partial charge in [0.1, 0.15) is 0 Å². The van der Waals surface area contributed by atoms with Gasteiger partial charge in [0.2, 0.25) is 0 Å². The molecule has 0 amide bonds. The highest BCUT2D eigenvalue weighted by atomic mass is 14.6. The minimum Gasteiger partial charge on any atom is -0.238 e. The van der Waals surface area contributed by atoms with E-state index in [4.69, 9.17) is 6.57 Å². The second-order valence-electron chi connectivity index (χ2n) is 4.29. The van der Waals surface area contributed by atoms with E-state index in [1.54, 1.807) is 0 Å². The molecule has 0 aliphatic heterocycles. The van der Waals surface area contributed by atoms with Gasteiger partial charge in [0.15, 0.2) is 5.69 Å². The van der Waals surface area contributed by atoms with E-state index in [-0.39, 0.29) is 0 Å². The topological polar surface area (TPSA) is 4.36 Å². The SMILES string of the molecule is [C-]#[N+]c1ccc2c(c1)Cc1ccc(C)cc1-2. The fourth-order valence-corrected chi connectivity index (χ4v) is 2.36. The number of hydrogen-bond acceptors (Lipinski definition) is 0. The second kappa shape index (κ2) is 3.21. The molecule has 0 N–H and O–H groups in total. The predicted octanol–water partition coefficient (Wildman–Crippen LogP) is 4.12. The monoisotopic (exact) mass is 205 g/mol. The Morgan fingerprint density at radius 1 is 1.00 bits per heavy atom. The van der Waals surface area contributed by atoms with Gasteiger partial charge in [-0.15, -0.1) is 0 Å². The van der Waals surface area contributed by atoms with Crippen molar-refractivity contribution in [1.29, 1.82) is 0 Å². The molecule has 0 unspecified atom stereocenters. The lowest BCUT2D eigenvalue weighted by molar-refractivity contribution is 1.26. The zero-order valence-corrected chi connectivity index (χ0v) is 9.12. The second-order valence-corrected chi connectivity index (χ2v) is 4.29. The molecule has 2 aromatic rings. The van der Waals surface area contributed by atoms with Crippen LogP contribution in [0, 0.1) is 13.5 Å². The lowest BCUT2D eigenvalue weighted by Gasteiger charge is -2.02. The van der Waals surface area contributed by atoms with Crippen LogP contribution in [-0.4, -0.2) is 0 Å². The summed E-state index contributed by atoms with van der Waals surface area (Å²) in [5, 5.41) is 0. The average Bonchev–Trinajstić information content (AvgIpc) is 2.66. The van der Waals surface area contributed by atoms with Crippen LogP contribution in [0.3, 0.4) is 0 Å². The van der Waals surface area contributed by atoms with Gasteiger partial charge in [-0.2, -0.15) is 0 Å². The maximum atomic E-state index is 7.03. The lowest BCUT2D eigenvalue weighted by atomic mass is 10.0. The predicted molar refractivity (Wildman–Crippen MR) is 65.7 cm³/mol. The molecule has 76 valence electrons. The molecule has 0 radical (unpaired) electrons. The number of nitrogens with zero attached hydrogens (tertiary/aromatic N) is 1. The van der Waals surface area contributed by atoms with Crippen LogP contribution in [0.15, 0.2) is 36.4 Å². The van der Waals surface area contributed by atoms with Crippen molar-refractivity contribution in [3.63, 3.8) is 0 Å². The maximum absolute atomic E-state index is 7.03. The molecule has 0 saturated heterocycles. The fourth-order valence-electron chi connectivity index (χ4n) is 2.36. The Morgan fingerprint density at radius 3 is 2.69 bits per heavy atom. The smallest absolute Gasteiger partial charge is 0.187 e. The van der Waals surface area contributed by atoms with Crippen molar-refractivity contribution in [2.45, 2.75) is 13.3 Å². The quantitative estimate of drug-likeness (QED) is 0.486. The summed E-state index contributed by atoms with van der Waals surface area (Å²) in [6.45, 7) is 9.14. The van der Waals surface area contributed by atoms with Crippen LogP contribution in [-0.2, 0) is 6.42 Å². The van der Waals surface area contributed by atoms with Gasteiger partial charge in [0.05, 0.1) is 6.57 Å². The van der Waals surface area contributed by atoms with E-state index in [0.717, 1.165) is 12.1 Å². The lowest BCUT2D eigenvalue weighted by Crippen LogP contribution is -1.80. The molecule has 0 aromatic heterocycles. The summed E-state index contributed by atoms with van der Waals surface area (Å²) in [5.41, 5.74) is 7.33. The third kappa shape index (κ3) is 1.24. The Balaban J connectivity index is 2.23. The summed E-state index contributed by atoms with van der Waals surface area (Å²) < 4.78 is 0. The molecule has 0 saturated carbocycles. The van der Waals surface area contributed by atoms with Crippen LogP contribution in [0.4, 0.5) is 5.69 Å². The minimum absolute atomic E-state index is 0.739. The van der Waals surface area contributed by atoms with E-state index < -0.39 is 0 Å². The minimum atomic E-state index is 0.739. The van der Waals surface area contributed by atoms with Gasteiger partial charge in [-0.3, -0.25) is 0 Å². The molecule has 3 rings (SSSR count). The molecule has 2 aromatic carbocycles. The summed E-state index contributed by atoms with van der Waals surface area (Å²) in [5.74, 6) is 0. The van der Waals surface area contributed by atoms with E-state index in [1.165, 1.54) is 27.8 Å². The van der Waals surface area contributed by atoms with Crippen molar-refractivity contribution in [1.82, 2.24) is 0 Å². The Bertz CT molecular complexity index is 618. The summed E-state index contributed by atoms with van der Waals surface area (Å²) in [6, 6.07) is 12.6. The highest BCUT2D eigenvalue weighted by molar-refractivity contribution is 5.79. The molecular weight excluding hydrogens is 194 g/mol. The fraction of sp³-hybridized carbons (Fsp3) is 0.133. The zero-order chi connectivity index (χ0) is 11.1. The van der Waals surface area contributed by atoms with Gasteiger partial charge < -0.3 is 0 Å². The van der Waals surface area contributed by atoms with Crippen LogP contribution in [0.5, 0.6) is 0 Å². The Labute approximate surface area is 95.2 Å². The highest BCUT2D eigenvalue weighted by Gasteiger charge is 2.18. The average molecular weight is 205 g/mol. The molecule has 1 nitrogen and oxygen atoms in total. The van der Waals surface area contributed by atoms with Crippen molar-refractivity contribution < 1.29 is 0 Å². The normalized spacial score (nSPS) is 11.8. The van der Waals surface area contributed by atoms with Gasteiger partial charge in [0.25, 0.3) is 0 Å². The third-order valence-electron chi connectivity index (χ3n) is 3.15. The van der Waals surface area contributed by atoms with Crippen LogP contribution in [0.25, 0.3) is 16.0 Å². The van der Waals surface area contributed by atoms with E-state index in [9.17, 15) is 0 Å². The highest BCUT2D eigenvalue weighted by Crippen LogP contribution is 2.38. The summed E-state index contributed by atoms with van der Waals surface area (Å²) in [7, 11) is 0. The summed E-state index contributed by atoms with van der Waals surface area (Å²) >= 11 is 0. The van der Waals surface area contributed by atoms with Crippen LogP contribution < -0.4 is 0 Å². The molecule has 1 aliphatic carbocycles. The van der Waals surface area contributed by atoms with Gasteiger partial charge >= 0.3 is 0 Å². The van der Waals surface area contributed by atoms with Gasteiger partial charge in [-0.05, 0) is 35.6 Å². The molecule has 0 heterocycles. The summed E-state index contributed by atoms with van der Waals surface area (Å²) in [4.78, 5) is 3.48. The van der Waals surface area contributed by atoms with Crippen molar-refractivity contribution in [3.05, 3.63) is 64.5 Å². The Kier molecular flexibility index (Phi) is 1.84. The molecule has 16 heavy (non-hydrogen) atoms. The van der Waals surface area contributed by atoms with E-state index in [2.05, 4.69) is 36.0 Å². The molecule has 1 aliphatic rings. The van der Waals surface area contributed by atoms with Crippen LogP contribution in [0.1, 0.15) is 16.7 Å². The first kappa shape index (κ1) is 9.18. The van der Waals surface area contributed by atoms with E-state index in [0.29, 0.717) is 0 Å². The molecule has 1 heteroatoms.